The van der Waals surface area contributed by atoms with Crippen molar-refractivity contribution in [2.24, 2.45) is 0 Å². The predicted octanol–water partition coefficient (Wildman–Crippen LogP) is 3.57. The number of piperidine rings is 1. The van der Waals surface area contributed by atoms with Gasteiger partial charge in [-0.1, -0.05) is 35.5 Å². The van der Waals surface area contributed by atoms with Crippen molar-refractivity contribution < 1.29 is 19.2 Å². The van der Waals surface area contributed by atoms with Gasteiger partial charge in [0.15, 0.2) is 6.61 Å². The third-order valence-electron chi connectivity index (χ3n) is 4.76. The molecule has 1 saturated heterocycles. The molecule has 28 heavy (non-hydrogen) atoms. The average Bonchev–Trinajstić information content (AvgIpc) is 3.23. The second-order valence-electron chi connectivity index (χ2n) is 6.71. The van der Waals surface area contributed by atoms with Gasteiger partial charge in [0.25, 0.3) is 5.91 Å². The normalized spacial score (nSPS) is 16.7. The summed E-state index contributed by atoms with van der Waals surface area (Å²) in [5.74, 6) is 1.49. The molecule has 1 aliphatic heterocycles. The molecule has 2 aromatic carbocycles. The van der Waals surface area contributed by atoms with Crippen molar-refractivity contribution in [1.82, 2.24) is 15.0 Å². The fraction of sp³-hybridized carbons (Fsp3) is 0.286. The third kappa shape index (κ3) is 3.98. The Morgan fingerprint density at radius 3 is 2.86 bits per heavy atom. The van der Waals surface area contributed by atoms with Crippen LogP contribution in [-0.2, 0) is 4.79 Å². The SMILES string of the molecule is O=C(COc1ccccc1)N1CCCC[C@@H]1c1nc(-c2cccc(O)c2)no1. The predicted molar refractivity (Wildman–Crippen MR) is 102 cm³/mol. The van der Waals surface area contributed by atoms with E-state index in [2.05, 4.69) is 10.1 Å². The molecule has 0 saturated carbocycles. The van der Waals surface area contributed by atoms with Gasteiger partial charge < -0.3 is 19.3 Å². The molecule has 3 aromatic rings. The zero-order chi connectivity index (χ0) is 19.3. The monoisotopic (exact) mass is 379 g/mol. The van der Waals surface area contributed by atoms with Crippen LogP contribution in [-0.4, -0.2) is 39.2 Å². The molecule has 1 N–H and O–H groups in total. The molecule has 7 nitrogen and oxygen atoms in total. The van der Waals surface area contributed by atoms with E-state index in [1.165, 1.54) is 0 Å². The van der Waals surface area contributed by atoms with Gasteiger partial charge in [0.05, 0.1) is 0 Å². The Bertz CT molecular complexity index is 942. The zero-order valence-corrected chi connectivity index (χ0v) is 15.3. The molecule has 0 radical (unpaired) electrons. The molecule has 0 aliphatic carbocycles. The van der Waals surface area contributed by atoms with Gasteiger partial charge in [-0.2, -0.15) is 4.98 Å². The number of amides is 1. The molecule has 1 aromatic heterocycles. The Balaban J connectivity index is 1.48. The Hall–Kier alpha value is -3.35. The van der Waals surface area contributed by atoms with Gasteiger partial charge in [-0.3, -0.25) is 4.79 Å². The lowest BCUT2D eigenvalue weighted by Crippen LogP contribution is -2.41. The molecule has 4 rings (SSSR count). The van der Waals surface area contributed by atoms with Gasteiger partial charge in [0.2, 0.25) is 11.7 Å². The van der Waals surface area contributed by atoms with Gasteiger partial charge in [-0.25, -0.2) is 0 Å². The Kier molecular flexibility index (Phi) is 5.23. The largest absolute Gasteiger partial charge is 0.508 e. The molecule has 7 heteroatoms. The number of rotatable bonds is 5. The topological polar surface area (TPSA) is 88.7 Å². The number of aromatic hydroxyl groups is 1. The summed E-state index contributed by atoms with van der Waals surface area (Å²) in [7, 11) is 0. The molecule has 144 valence electrons. The van der Waals surface area contributed by atoms with E-state index in [4.69, 9.17) is 9.26 Å². The van der Waals surface area contributed by atoms with Gasteiger partial charge in [-0.05, 0) is 43.5 Å². The number of para-hydroxylation sites is 1. The molecule has 1 atom stereocenters. The minimum absolute atomic E-state index is 0.0337. The number of phenolic OH excluding ortho intramolecular Hbond substituents is 1. The third-order valence-corrected chi connectivity index (χ3v) is 4.76. The van der Waals surface area contributed by atoms with Crippen LogP contribution in [0.15, 0.2) is 59.1 Å². The second-order valence-corrected chi connectivity index (χ2v) is 6.71. The fourth-order valence-corrected chi connectivity index (χ4v) is 3.36. The van der Waals surface area contributed by atoms with Crippen LogP contribution in [0.1, 0.15) is 31.2 Å². The molecular formula is C21H21N3O4. The number of hydrogen-bond acceptors (Lipinski definition) is 6. The highest BCUT2D eigenvalue weighted by molar-refractivity contribution is 5.78. The minimum Gasteiger partial charge on any atom is -0.508 e. The number of carbonyl (C=O) groups is 1. The van der Waals surface area contributed by atoms with Crippen LogP contribution < -0.4 is 4.74 Å². The summed E-state index contributed by atoms with van der Waals surface area (Å²) in [4.78, 5) is 19.0. The number of ether oxygens (including phenoxy) is 1. The van der Waals surface area contributed by atoms with Crippen molar-refractivity contribution >= 4 is 5.91 Å². The average molecular weight is 379 g/mol. The van der Waals surface area contributed by atoms with E-state index in [0.717, 1.165) is 19.3 Å². The number of aromatic nitrogens is 2. The molecular weight excluding hydrogens is 358 g/mol. The molecule has 1 fully saturated rings. The van der Waals surface area contributed by atoms with Crippen molar-refractivity contribution in [3.8, 4) is 22.9 Å². The first-order chi connectivity index (χ1) is 13.7. The van der Waals surface area contributed by atoms with Crippen molar-refractivity contribution in [2.45, 2.75) is 25.3 Å². The molecule has 0 spiro atoms. The Labute approximate surface area is 162 Å². The minimum atomic E-state index is -0.265. The summed E-state index contributed by atoms with van der Waals surface area (Å²) in [6.45, 7) is 0.597. The summed E-state index contributed by atoms with van der Waals surface area (Å²) in [5, 5.41) is 13.7. The number of phenols is 1. The molecule has 0 bridgehead atoms. The number of likely N-dealkylation sites (tertiary alicyclic amines) is 1. The maximum atomic E-state index is 12.8. The van der Waals surface area contributed by atoms with Gasteiger partial charge in [0.1, 0.15) is 17.5 Å². The molecule has 0 unspecified atom stereocenters. The van der Waals surface area contributed by atoms with Crippen LogP contribution in [0.3, 0.4) is 0 Å². The number of benzene rings is 2. The maximum Gasteiger partial charge on any atom is 0.261 e. The summed E-state index contributed by atoms with van der Waals surface area (Å²) in [6, 6.07) is 15.7. The van der Waals surface area contributed by atoms with Crippen molar-refractivity contribution in [1.29, 1.82) is 0 Å². The molecule has 2 heterocycles. The second kappa shape index (κ2) is 8.12. The smallest absolute Gasteiger partial charge is 0.261 e. The lowest BCUT2D eigenvalue weighted by Gasteiger charge is -2.33. The number of carbonyl (C=O) groups excluding carboxylic acids is 1. The maximum absolute atomic E-state index is 12.8. The van der Waals surface area contributed by atoms with E-state index >= 15 is 0 Å². The van der Waals surface area contributed by atoms with Gasteiger partial charge in [0, 0.05) is 12.1 Å². The van der Waals surface area contributed by atoms with E-state index in [0.29, 0.717) is 29.6 Å². The standard InChI is InChI=1S/C21H21N3O4/c25-16-8-6-7-15(13-16)20-22-21(28-23-20)18-11-4-5-12-24(18)19(26)14-27-17-9-2-1-3-10-17/h1-3,6-10,13,18,25H,4-5,11-12,14H2/t18-/m1/s1. The number of nitrogens with zero attached hydrogens (tertiary/aromatic N) is 3. The van der Waals surface area contributed by atoms with E-state index in [1.807, 2.05) is 30.3 Å². The first-order valence-corrected chi connectivity index (χ1v) is 9.31. The first-order valence-electron chi connectivity index (χ1n) is 9.31. The van der Waals surface area contributed by atoms with Crippen molar-refractivity contribution in [2.75, 3.05) is 13.2 Å². The van der Waals surface area contributed by atoms with Crippen LogP contribution in [0.4, 0.5) is 0 Å². The van der Waals surface area contributed by atoms with E-state index in [9.17, 15) is 9.90 Å². The van der Waals surface area contributed by atoms with Crippen LogP contribution in [0.5, 0.6) is 11.5 Å². The van der Waals surface area contributed by atoms with Crippen LogP contribution >= 0.6 is 0 Å². The zero-order valence-electron chi connectivity index (χ0n) is 15.3. The van der Waals surface area contributed by atoms with Crippen molar-refractivity contribution in [3.05, 3.63) is 60.5 Å². The number of hydrogen-bond donors (Lipinski definition) is 1. The fourth-order valence-electron chi connectivity index (χ4n) is 3.36. The van der Waals surface area contributed by atoms with Crippen LogP contribution in [0.2, 0.25) is 0 Å². The lowest BCUT2D eigenvalue weighted by atomic mass is 10.0. The highest BCUT2D eigenvalue weighted by Gasteiger charge is 2.32. The highest BCUT2D eigenvalue weighted by Crippen LogP contribution is 2.31. The lowest BCUT2D eigenvalue weighted by molar-refractivity contribution is -0.138. The van der Waals surface area contributed by atoms with E-state index in [1.54, 1.807) is 29.2 Å². The Morgan fingerprint density at radius 2 is 2.04 bits per heavy atom. The first kappa shape index (κ1) is 18.0. The summed E-state index contributed by atoms with van der Waals surface area (Å²) < 4.78 is 11.1. The van der Waals surface area contributed by atoms with E-state index < -0.39 is 0 Å². The van der Waals surface area contributed by atoms with Gasteiger partial charge in [-0.15, -0.1) is 0 Å². The highest BCUT2D eigenvalue weighted by atomic mass is 16.5. The van der Waals surface area contributed by atoms with Crippen molar-refractivity contribution in [3.63, 3.8) is 0 Å². The molecule has 1 amide bonds. The van der Waals surface area contributed by atoms with E-state index in [-0.39, 0.29) is 24.3 Å². The quantitative estimate of drug-likeness (QED) is 0.729. The Morgan fingerprint density at radius 1 is 1.18 bits per heavy atom. The van der Waals surface area contributed by atoms with Crippen LogP contribution in [0.25, 0.3) is 11.4 Å². The van der Waals surface area contributed by atoms with Crippen LogP contribution in [0, 0.1) is 0 Å². The molecule has 1 aliphatic rings. The van der Waals surface area contributed by atoms with Gasteiger partial charge >= 0.3 is 0 Å². The summed E-state index contributed by atoms with van der Waals surface area (Å²) >= 11 is 0. The summed E-state index contributed by atoms with van der Waals surface area (Å²) in [6.07, 6.45) is 2.68. The summed E-state index contributed by atoms with van der Waals surface area (Å²) in [5.41, 5.74) is 0.663.